The van der Waals surface area contributed by atoms with Crippen molar-refractivity contribution in [1.29, 1.82) is 0.594 Å². The Bertz CT molecular complexity index is 30.2. The molecule has 0 atom stereocenters. The minimum absolute atomic E-state index is 0. The maximum atomic E-state index is 5.72. The van der Waals surface area contributed by atoms with E-state index in [1.54, 1.807) is 0 Å². The summed E-state index contributed by atoms with van der Waals surface area (Å²) in [5, 5.41) is 0. The summed E-state index contributed by atoms with van der Waals surface area (Å²) in [4.78, 5) is 0. The van der Waals surface area contributed by atoms with Crippen LogP contribution in [-0.4, -0.2) is 31.5 Å². The third kappa shape index (κ3) is 586. The molecule has 0 saturated heterocycles. The topological polar surface area (TPSA) is 0 Å². The quantitative estimate of drug-likeness (QED) is 0.466. The fourth-order valence-electron chi connectivity index (χ4n) is 0. The highest BCUT2D eigenvalue weighted by molar-refractivity contribution is 14.0. The smallest absolute Gasteiger partial charge is 0.107 e. The molecule has 5 heteroatoms. The normalized spacial score (nSPS) is 4.30. The van der Waals surface area contributed by atoms with Crippen LogP contribution in [0.5, 0.6) is 0 Å². The molecule has 0 heterocycles. The molecule has 0 aliphatic rings. The summed E-state index contributed by atoms with van der Waals surface area (Å²) in [6.45, 7) is 0. The highest BCUT2D eigenvalue weighted by Crippen LogP contribution is 1.03. The summed E-state index contributed by atoms with van der Waals surface area (Å²) >= 11 is 1.40. The van der Waals surface area contributed by atoms with Gasteiger partial charge in [0.15, 0.2) is 0 Å². The van der Waals surface area contributed by atoms with Crippen LogP contribution in [0.25, 0.3) is 0 Å². The summed E-state index contributed by atoms with van der Waals surface area (Å²) in [7, 11) is 10.0. The fourth-order valence-corrected chi connectivity index (χ4v) is 0. The van der Waals surface area contributed by atoms with Crippen molar-refractivity contribution in [3.05, 3.63) is 0 Å². The molecule has 0 bridgehead atoms. The molecule has 0 spiro atoms. The molecule has 0 N–H and O–H groups in total. The van der Waals surface area contributed by atoms with Crippen LogP contribution in [0.2, 0.25) is 0 Å². The minimum Gasteiger partial charge on any atom is -0.107 e. The van der Waals surface area contributed by atoms with Gasteiger partial charge >= 0.3 is 0 Å². The number of hydrogen-bond acceptors (Lipinski definition) is 0. The molecule has 0 rings (SSSR count). The third-order valence-corrected chi connectivity index (χ3v) is 0. The van der Waals surface area contributed by atoms with Gasteiger partial charge < -0.3 is 0 Å². The predicted octanol–water partition coefficient (Wildman–Crippen LogP) is 3.01. The summed E-state index contributed by atoms with van der Waals surface area (Å²) in [6, 6.07) is 0. The van der Waals surface area contributed by atoms with Crippen molar-refractivity contribution in [2.45, 2.75) is 37.1 Å². The molecule has 0 aliphatic heterocycles. The first-order valence-electron chi connectivity index (χ1n) is 4.04. The van der Waals surface area contributed by atoms with Gasteiger partial charge in [-0.3, -0.25) is 0 Å². The van der Waals surface area contributed by atoms with Crippen LogP contribution in [0.4, 0.5) is 0 Å². The Kier molecular flexibility index (Phi) is 458. The van der Waals surface area contributed by atoms with Gasteiger partial charge in [0.2, 0.25) is 0 Å². The Morgan fingerprint density at radius 1 is 1.10 bits per heavy atom. The Morgan fingerprint density at radius 3 is 1.10 bits per heavy atom. The molecule has 0 aromatic carbocycles. The SMILES string of the molecule is C.C.C.C.C.[2H]I.[2H][2H].[2H][2H].[2H][2H].[B].[B][B][B]. The van der Waals surface area contributed by atoms with Crippen molar-refractivity contribution in [2.24, 2.45) is 0 Å². The third-order valence-electron chi connectivity index (χ3n) is 0. The van der Waals surface area contributed by atoms with Gasteiger partial charge in [-0.1, -0.05) is 37.1 Å². The summed E-state index contributed by atoms with van der Waals surface area (Å²) in [5.41, 5.74) is 0. The zero-order valence-electron chi connectivity index (χ0n) is 9.69. The monoisotopic (exact) mass is 265 g/mol. The van der Waals surface area contributed by atoms with Crippen molar-refractivity contribution in [3.8, 4) is 0 Å². The van der Waals surface area contributed by atoms with Crippen LogP contribution in [0.3, 0.4) is 0 Å². The standard InChI is InChI=1S/5CH4.B3.B.HI.3H2/c;;;;;1-3-2;;;;;/h5*1H4;;;4*1H/i;;;;;;;;3*1+1D/hD. The molecule has 0 saturated carbocycles. The lowest BCUT2D eigenvalue weighted by molar-refractivity contribution is 2.50. The zero-order valence-corrected chi connectivity index (χ0v) is 4.84. The molecule has 0 aliphatic carbocycles. The highest BCUT2D eigenvalue weighted by Gasteiger charge is 1.41. The van der Waals surface area contributed by atoms with E-state index in [0.29, 0.717) is 0 Å². The van der Waals surface area contributed by atoms with Crippen molar-refractivity contribution < 1.29 is 8.91 Å². The van der Waals surface area contributed by atoms with Crippen molar-refractivity contribution in [1.82, 2.24) is 0 Å². The first-order valence-corrected chi connectivity index (χ1v) is 0.667. The van der Waals surface area contributed by atoms with Gasteiger partial charge in [0.05, 0.1) is 0 Å². The van der Waals surface area contributed by atoms with E-state index in [1.165, 1.54) is 23.8 Å². The Hall–Kier alpha value is 0.990. The van der Waals surface area contributed by atoms with E-state index >= 15 is 0 Å². The molecule has 66 valence electrons. The van der Waals surface area contributed by atoms with Crippen LogP contribution in [0.15, 0.2) is 0 Å². The van der Waals surface area contributed by atoms with Gasteiger partial charge in [0.25, 0.3) is 0 Å². The molecule has 10 heavy (non-hydrogen) atoms. The van der Waals surface area contributed by atoms with Crippen molar-refractivity contribution in [2.75, 3.05) is 0 Å². The van der Waals surface area contributed by atoms with E-state index in [0.717, 1.165) is 7.06 Å². The lowest BCUT2D eigenvalue weighted by Gasteiger charge is -1.41. The molecule has 0 fully saturated rings. The first kappa shape index (κ1) is 22.4. The average molecular weight is 264 g/mol. The number of halogens is 1. The molecule has 0 nitrogen and oxygen atoms in total. The van der Waals surface area contributed by atoms with Gasteiger partial charge in [0.1, 0.15) is 0.594 Å². The summed E-state index contributed by atoms with van der Waals surface area (Å²) in [6.07, 6.45) is 0. The molecule has 0 unspecified atom stereocenters. The Balaban J connectivity index is -0.00000000273. The number of rotatable bonds is 0. The summed E-state index contributed by atoms with van der Waals surface area (Å²) < 4.78 is 35.7. The maximum absolute atomic E-state index is 5.72. The van der Waals surface area contributed by atoms with E-state index in [9.17, 15) is 0 Å². The van der Waals surface area contributed by atoms with Gasteiger partial charge in [-0.15, -0.1) is 23.8 Å². The number of hydrogen-bond donors (Lipinski definition) is 0. The van der Waals surface area contributed by atoms with Crippen LogP contribution in [-0.2, 0) is 0 Å². The Labute approximate surface area is 102 Å². The van der Waals surface area contributed by atoms with E-state index in [1.807, 2.05) is 0 Å². The van der Waals surface area contributed by atoms with Crippen molar-refractivity contribution >= 4 is 54.7 Å². The van der Waals surface area contributed by atoms with Crippen LogP contribution < -0.4 is 0 Å². The summed E-state index contributed by atoms with van der Waals surface area (Å²) in [5.74, 6) is 0. The van der Waals surface area contributed by atoms with Crippen LogP contribution >= 0.6 is 23.8 Å². The van der Waals surface area contributed by atoms with E-state index in [2.05, 4.69) is 15.5 Å². The van der Waals surface area contributed by atoms with Gasteiger partial charge in [-0.2, -0.15) is 0 Å². The lowest BCUT2D eigenvalue weighted by Crippen LogP contribution is -1.79. The van der Waals surface area contributed by atoms with E-state index < -0.39 is 0 Å². The zero-order chi connectivity index (χ0) is 10.7. The molecule has 8 radical (unpaired) electrons. The van der Waals surface area contributed by atoms with Gasteiger partial charge in [-0.25, -0.2) is 0 Å². The second-order valence-electron chi connectivity index (χ2n) is 0.192. The van der Waals surface area contributed by atoms with Crippen molar-refractivity contribution in [3.63, 3.8) is 0 Å². The second kappa shape index (κ2) is 204. The molecular formula is C5H27B4I. The average Bonchev–Trinajstić information content (AvgIpc) is 2.18. The fraction of sp³-hybridized carbons (Fsp3) is 1.00. The minimum atomic E-state index is 0. The molecular weight excluding hydrogens is 230 g/mol. The predicted molar refractivity (Wildman–Crippen MR) is 78.4 cm³/mol. The van der Waals surface area contributed by atoms with E-state index in [-0.39, 0.29) is 45.5 Å². The lowest BCUT2D eigenvalue weighted by atomic mass is 9.40. The van der Waals surface area contributed by atoms with E-state index in [4.69, 9.17) is 9.50 Å². The van der Waals surface area contributed by atoms with Crippen LogP contribution in [0.1, 0.15) is 46.0 Å². The van der Waals surface area contributed by atoms with Gasteiger partial charge in [-0.05, 0) is 0 Å². The largest absolute Gasteiger partial charge is 0.107 e. The van der Waals surface area contributed by atoms with Crippen LogP contribution in [0, 0.1) is 0 Å². The molecule has 0 amide bonds. The molecule has 0 aromatic heterocycles. The molecule has 0 aromatic rings. The van der Waals surface area contributed by atoms with Gasteiger partial charge in [0, 0.05) is 39.9 Å². The first-order chi connectivity index (χ1) is 5.41. The maximum Gasteiger partial charge on any atom is 0.107 e. The highest BCUT2D eigenvalue weighted by atomic mass is 127. The second-order valence-corrected chi connectivity index (χ2v) is 0.192. The Morgan fingerprint density at radius 2 is 1.10 bits per heavy atom.